The van der Waals surface area contributed by atoms with Crippen LogP contribution in [-0.4, -0.2) is 29.2 Å². The van der Waals surface area contributed by atoms with Gasteiger partial charge in [0.1, 0.15) is 6.54 Å². The first-order chi connectivity index (χ1) is 15.8. The number of carbonyl (C=O) groups is 1. The van der Waals surface area contributed by atoms with Crippen molar-refractivity contribution in [2.45, 2.75) is 6.18 Å². The maximum absolute atomic E-state index is 13.3. The molecule has 0 bridgehead atoms. The summed E-state index contributed by atoms with van der Waals surface area (Å²) in [5, 5.41) is 2.91. The number of nitrogens with zero attached hydrogens (tertiary/aromatic N) is 3. The third kappa shape index (κ3) is 5.47. The van der Waals surface area contributed by atoms with Crippen molar-refractivity contribution in [3.8, 4) is 0 Å². The van der Waals surface area contributed by atoms with Gasteiger partial charge in [-0.1, -0.05) is 23.7 Å². The van der Waals surface area contributed by atoms with Crippen LogP contribution in [0.25, 0.3) is 0 Å². The van der Waals surface area contributed by atoms with E-state index in [9.17, 15) is 18.0 Å². The molecule has 3 aromatic rings. The van der Waals surface area contributed by atoms with E-state index in [0.29, 0.717) is 16.4 Å². The molecule has 0 unspecified atom stereocenters. The number of benzene rings is 2. The normalized spacial score (nSPS) is 13.2. The first-order valence-corrected chi connectivity index (χ1v) is 9.92. The number of nitrogens with one attached hydrogen (secondary N) is 2. The highest BCUT2D eigenvalue weighted by Gasteiger charge is 2.32. The van der Waals surface area contributed by atoms with Gasteiger partial charge in [0, 0.05) is 22.5 Å². The minimum atomic E-state index is -4.54. The van der Waals surface area contributed by atoms with Crippen LogP contribution in [0.3, 0.4) is 0 Å². The summed E-state index contributed by atoms with van der Waals surface area (Å²) in [7, 11) is 0. The fourth-order valence-electron chi connectivity index (χ4n) is 3.01. The Morgan fingerprint density at radius 1 is 1.06 bits per heavy atom. The number of amides is 1. The van der Waals surface area contributed by atoms with Crippen molar-refractivity contribution in [3.05, 3.63) is 88.7 Å². The van der Waals surface area contributed by atoms with E-state index in [1.807, 2.05) is 0 Å². The molecular formula is C22H15ClF3N5O2. The molecule has 7 nitrogen and oxygen atoms in total. The zero-order valence-corrected chi connectivity index (χ0v) is 17.5. The molecule has 0 spiro atoms. The Kier molecular flexibility index (Phi) is 6.27. The topological polar surface area (TPSA) is 88.0 Å². The van der Waals surface area contributed by atoms with Gasteiger partial charge in [0.25, 0.3) is 0 Å². The van der Waals surface area contributed by atoms with Crippen LogP contribution < -0.4 is 10.8 Å². The molecule has 0 saturated carbocycles. The van der Waals surface area contributed by atoms with Crippen LogP contribution in [0.15, 0.2) is 76.8 Å². The number of halogens is 4. The molecule has 0 atom stereocenters. The highest BCUT2D eigenvalue weighted by molar-refractivity contribution is 6.30. The number of pyridine rings is 1. The second-order valence-corrected chi connectivity index (χ2v) is 7.23. The Morgan fingerprint density at radius 2 is 1.91 bits per heavy atom. The molecule has 2 N–H and O–H groups in total. The molecule has 1 amide bonds. The Morgan fingerprint density at radius 3 is 2.64 bits per heavy atom. The first kappa shape index (κ1) is 22.3. The van der Waals surface area contributed by atoms with Gasteiger partial charge in [-0.05, 0) is 48.5 Å². The Bertz CT molecular complexity index is 1250. The van der Waals surface area contributed by atoms with Crippen LogP contribution in [0.1, 0.15) is 16.8 Å². The Labute approximate surface area is 191 Å². The van der Waals surface area contributed by atoms with Gasteiger partial charge < -0.3 is 4.84 Å². The molecule has 0 fully saturated rings. The largest absolute Gasteiger partial charge is 0.435 e. The van der Waals surface area contributed by atoms with Crippen molar-refractivity contribution in [2.75, 3.05) is 11.9 Å². The first-order valence-electron chi connectivity index (χ1n) is 9.54. The highest BCUT2D eigenvalue weighted by atomic mass is 35.5. The number of hydroxylamine groups is 1. The zero-order valence-electron chi connectivity index (χ0n) is 16.7. The fourth-order valence-corrected chi connectivity index (χ4v) is 3.20. The van der Waals surface area contributed by atoms with E-state index in [1.165, 1.54) is 18.3 Å². The van der Waals surface area contributed by atoms with Crippen molar-refractivity contribution in [3.63, 3.8) is 0 Å². The number of carbonyl (C=O) groups excluding carboxylic acids is 1. The summed E-state index contributed by atoms with van der Waals surface area (Å²) in [6.45, 7) is -0.0909. The molecule has 11 heteroatoms. The number of anilines is 1. The van der Waals surface area contributed by atoms with Crippen LogP contribution in [0.4, 0.5) is 29.3 Å². The zero-order chi connectivity index (χ0) is 23.4. The van der Waals surface area contributed by atoms with Crippen LogP contribution >= 0.6 is 11.6 Å². The lowest BCUT2D eigenvalue weighted by Crippen LogP contribution is -2.31. The van der Waals surface area contributed by atoms with Gasteiger partial charge in [-0.15, -0.1) is 0 Å². The van der Waals surface area contributed by atoms with Gasteiger partial charge in [-0.2, -0.15) is 13.2 Å². The summed E-state index contributed by atoms with van der Waals surface area (Å²) >= 11 is 5.88. The lowest BCUT2D eigenvalue weighted by molar-refractivity contribution is -0.137. The number of alkyl halides is 3. The fraction of sp³-hybridized carbons (Fsp3) is 0.0909. The predicted octanol–water partition coefficient (Wildman–Crippen LogP) is 5.39. The average Bonchev–Trinajstić information content (AvgIpc) is 2.96. The molecule has 0 radical (unpaired) electrons. The molecular weight excluding hydrogens is 459 g/mol. The molecule has 1 aliphatic rings. The van der Waals surface area contributed by atoms with E-state index in [0.717, 1.165) is 12.1 Å². The van der Waals surface area contributed by atoms with E-state index in [2.05, 4.69) is 25.8 Å². The second-order valence-electron chi connectivity index (χ2n) is 6.79. The van der Waals surface area contributed by atoms with Crippen molar-refractivity contribution < 1.29 is 22.8 Å². The van der Waals surface area contributed by atoms with E-state index in [4.69, 9.17) is 16.4 Å². The summed E-state index contributed by atoms with van der Waals surface area (Å²) < 4.78 is 39.9. The molecule has 0 aliphatic carbocycles. The second kappa shape index (κ2) is 9.29. The minimum absolute atomic E-state index is 0.0909. The molecule has 33 heavy (non-hydrogen) atoms. The van der Waals surface area contributed by atoms with Crippen LogP contribution in [-0.2, 0) is 11.0 Å². The number of aromatic nitrogens is 1. The standard InChI is InChI=1S/C22H15ClF3N5O2/c23-14-4-3-5-15(11-14)29-21(32)33-31-19-12-28-20(18-6-1-2-9-27-18)16-10-13(22(24,25)26)7-8-17(16)30-19/h1-11H,12H2,(H,29,32)(H,30,31). The van der Waals surface area contributed by atoms with Gasteiger partial charge in [0.2, 0.25) is 0 Å². The lowest BCUT2D eigenvalue weighted by atomic mass is 10.0. The average molecular weight is 474 g/mol. The molecule has 1 aliphatic heterocycles. The number of rotatable bonds is 2. The Hall–Kier alpha value is -3.92. The third-order valence-corrected chi connectivity index (χ3v) is 4.70. The minimum Gasteiger partial charge on any atom is -0.323 e. The Balaban J connectivity index is 1.59. The summed E-state index contributed by atoms with van der Waals surface area (Å²) in [5.41, 5.74) is 2.97. The van der Waals surface area contributed by atoms with Crippen molar-refractivity contribution in [1.29, 1.82) is 0 Å². The van der Waals surface area contributed by atoms with Gasteiger partial charge in [0.15, 0.2) is 5.84 Å². The van der Waals surface area contributed by atoms with Gasteiger partial charge in [0.05, 0.1) is 22.7 Å². The van der Waals surface area contributed by atoms with E-state index in [1.54, 1.807) is 36.4 Å². The number of fused-ring (bicyclic) bond motifs is 1. The predicted molar refractivity (Wildman–Crippen MR) is 118 cm³/mol. The van der Waals surface area contributed by atoms with Gasteiger partial charge in [-0.3, -0.25) is 15.3 Å². The third-order valence-electron chi connectivity index (χ3n) is 4.46. The monoisotopic (exact) mass is 473 g/mol. The van der Waals surface area contributed by atoms with E-state index < -0.39 is 17.8 Å². The smallest absolute Gasteiger partial charge is 0.323 e. The van der Waals surface area contributed by atoms with Gasteiger partial charge in [-0.25, -0.2) is 15.3 Å². The summed E-state index contributed by atoms with van der Waals surface area (Å²) in [6, 6.07) is 14.6. The lowest BCUT2D eigenvalue weighted by Gasteiger charge is -2.12. The molecule has 1 aromatic heterocycles. The van der Waals surface area contributed by atoms with E-state index >= 15 is 0 Å². The maximum atomic E-state index is 13.3. The SMILES string of the molecule is O=C(Nc1cccc(Cl)c1)ONC1=Nc2ccc(C(F)(F)F)cc2C(c2ccccn2)=NC1. The number of hydrogen-bond acceptors (Lipinski definition) is 6. The highest BCUT2D eigenvalue weighted by Crippen LogP contribution is 2.34. The molecule has 4 rings (SSSR count). The van der Waals surface area contributed by atoms with Crippen LogP contribution in [0.5, 0.6) is 0 Å². The van der Waals surface area contributed by atoms with Crippen LogP contribution in [0.2, 0.25) is 5.02 Å². The molecule has 2 heterocycles. The quantitative estimate of drug-likeness (QED) is 0.489. The summed E-state index contributed by atoms with van der Waals surface area (Å²) in [6.07, 6.45) is -3.87. The van der Waals surface area contributed by atoms with Crippen molar-refractivity contribution in [1.82, 2.24) is 10.5 Å². The van der Waals surface area contributed by atoms with Gasteiger partial charge >= 0.3 is 12.3 Å². The van der Waals surface area contributed by atoms with Crippen molar-refractivity contribution >= 4 is 40.6 Å². The molecule has 168 valence electrons. The molecule has 2 aromatic carbocycles. The summed E-state index contributed by atoms with van der Waals surface area (Å²) in [4.78, 5) is 29.9. The molecule has 0 saturated heterocycles. The number of aliphatic imine (C=N–C) groups is 2. The van der Waals surface area contributed by atoms with E-state index in [-0.39, 0.29) is 29.3 Å². The summed E-state index contributed by atoms with van der Waals surface area (Å²) in [5.74, 6) is 0.114. The number of hydrogen-bond donors (Lipinski definition) is 2. The van der Waals surface area contributed by atoms with Crippen LogP contribution in [0, 0.1) is 0 Å². The van der Waals surface area contributed by atoms with Crippen molar-refractivity contribution in [2.24, 2.45) is 9.98 Å². The number of amidine groups is 1. The maximum Gasteiger partial charge on any atom is 0.435 e.